The van der Waals surface area contributed by atoms with E-state index in [4.69, 9.17) is 0 Å². The van der Waals surface area contributed by atoms with Crippen LogP contribution < -0.4 is 5.32 Å². The maximum Gasteiger partial charge on any atom is 0.0235 e. The molecule has 2 saturated heterocycles. The zero-order valence-electron chi connectivity index (χ0n) is 13.3. The summed E-state index contributed by atoms with van der Waals surface area (Å²) in [6.07, 6.45) is 9.97. The number of hydrogen-bond donors (Lipinski definition) is 1. The minimum atomic E-state index is 0.792. The van der Waals surface area contributed by atoms with Crippen molar-refractivity contribution in [1.82, 2.24) is 15.1 Å². The highest BCUT2D eigenvalue weighted by Crippen LogP contribution is 2.24. The summed E-state index contributed by atoms with van der Waals surface area (Å²) in [5, 5.41) is 3.83. The first-order valence-corrected chi connectivity index (χ1v) is 9.03. The summed E-state index contributed by atoms with van der Waals surface area (Å²) in [4.78, 5) is 5.42. The van der Waals surface area contributed by atoms with E-state index in [9.17, 15) is 0 Å². The fourth-order valence-electron chi connectivity index (χ4n) is 4.45. The molecule has 3 nitrogen and oxygen atoms in total. The summed E-state index contributed by atoms with van der Waals surface area (Å²) in [6.45, 7) is 10.2. The Hall–Kier alpha value is -0.120. The molecule has 3 unspecified atom stereocenters. The van der Waals surface area contributed by atoms with Gasteiger partial charge in [-0.25, -0.2) is 0 Å². The largest absolute Gasteiger partial charge is 0.312 e. The maximum atomic E-state index is 3.83. The molecule has 0 aromatic carbocycles. The highest BCUT2D eigenvalue weighted by Gasteiger charge is 2.29. The van der Waals surface area contributed by atoms with Crippen LogP contribution in [0.25, 0.3) is 0 Å². The Morgan fingerprint density at radius 2 is 1.75 bits per heavy atom. The van der Waals surface area contributed by atoms with E-state index in [1.807, 2.05) is 0 Å². The number of nitrogens with zero attached hydrogens (tertiary/aromatic N) is 2. The van der Waals surface area contributed by atoms with Gasteiger partial charge in [-0.15, -0.1) is 0 Å². The van der Waals surface area contributed by atoms with E-state index in [2.05, 4.69) is 22.0 Å². The predicted octanol–water partition coefficient (Wildman–Crippen LogP) is 2.32. The van der Waals surface area contributed by atoms with Gasteiger partial charge < -0.3 is 10.2 Å². The van der Waals surface area contributed by atoms with E-state index in [-0.39, 0.29) is 0 Å². The Morgan fingerprint density at radius 3 is 2.55 bits per heavy atom. The second-order valence-corrected chi connectivity index (χ2v) is 7.31. The summed E-state index contributed by atoms with van der Waals surface area (Å²) >= 11 is 0. The minimum absolute atomic E-state index is 0.792. The van der Waals surface area contributed by atoms with E-state index in [1.165, 1.54) is 84.2 Å². The molecule has 0 aromatic heterocycles. The van der Waals surface area contributed by atoms with Crippen LogP contribution >= 0.6 is 0 Å². The van der Waals surface area contributed by atoms with E-state index in [0.29, 0.717) is 0 Å². The third kappa shape index (κ3) is 3.75. The van der Waals surface area contributed by atoms with Crippen LogP contribution in [-0.4, -0.2) is 61.2 Å². The monoisotopic (exact) mass is 279 g/mol. The predicted molar refractivity (Wildman–Crippen MR) is 85.1 cm³/mol. The van der Waals surface area contributed by atoms with Crippen molar-refractivity contribution in [3.8, 4) is 0 Å². The van der Waals surface area contributed by atoms with Gasteiger partial charge in [0.05, 0.1) is 0 Å². The molecule has 3 aliphatic rings. The molecular formula is C17H33N3. The molecular weight excluding hydrogens is 246 g/mol. The topological polar surface area (TPSA) is 18.5 Å². The molecule has 3 rings (SSSR count). The van der Waals surface area contributed by atoms with Gasteiger partial charge in [-0.2, -0.15) is 0 Å². The molecule has 116 valence electrons. The van der Waals surface area contributed by atoms with E-state index >= 15 is 0 Å². The van der Waals surface area contributed by atoms with Crippen molar-refractivity contribution in [1.29, 1.82) is 0 Å². The van der Waals surface area contributed by atoms with Gasteiger partial charge in [0.15, 0.2) is 0 Å². The molecule has 3 heteroatoms. The first-order chi connectivity index (χ1) is 9.83. The van der Waals surface area contributed by atoms with E-state index in [1.54, 1.807) is 0 Å². The molecule has 1 N–H and O–H groups in total. The lowest BCUT2D eigenvalue weighted by Gasteiger charge is -2.30. The van der Waals surface area contributed by atoms with Gasteiger partial charge in [-0.3, -0.25) is 4.90 Å². The van der Waals surface area contributed by atoms with Crippen molar-refractivity contribution in [2.24, 2.45) is 5.92 Å². The summed E-state index contributed by atoms with van der Waals surface area (Å²) in [6, 6.07) is 1.66. The molecule has 1 saturated carbocycles. The maximum absolute atomic E-state index is 3.83. The first kappa shape index (κ1) is 14.8. The fraction of sp³-hybridized carbons (Fsp3) is 1.00. The molecule has 0 aromatic rings. The highest BCUT2D eigenvalue weighted by atomic mass is 15.3. The molecule has 0 spiro atoms. The molecule has 2 aliphatic heterocycles. The number of hydrogen-bond acceptors (Lipinski definition) is 3. The van der Waals surface area contributed by atoms with Crippen LogP contribution in [-0.2, 0) is 0 Å². The second kappa shape index (κ2) is 7.24. The van der Waals surface area contributed by atoms with Crippen molar-refractivity contribution in [2.45, 2.75) is 64.0 Å². The minimum Gasteiger partial charge on any atom is -0.312 e. The van der Waals surface area contributed by atoms with Gasteiger partial charge in [0, 0.05) is 31.7 Å². The number of likely N-dealkylation sites (tertiary alicyclic amines) is 2. The first-order valence-electron chi connectivity index (χ1n) is 9.03. The molecule has 2 heterocycles. The normalized spacial score (nSPS) is 36.8. The quantitative estimate of drug-likeness (QED) is 0.833. The Balaban J connectivity index is 1.33. The number of rotatable bonds is 5. The Labute approximate surface area is 125 Å². The van der Waals surface area contributed by atoms with Crippen molar-refractivity contribution in [3.63, 3.8) is 0 Å². The van der Waals surface area contributed by atoms with Crippen molar-refractivity contribution in [2.75, 3.05) is 39.3 Å². The lowest BCUT2D eigenvalue weighted by Crippen LogP contribution is -2.42. The van der Waals surface area contributed by atoms with Crippen LogP contribution in [0.1, 0.15) is 51.9 Å². The Morgan fingerprint density at radius 1 is 0.950 bits per heavy atom. The molecule has 3 atom stereocenters. The third-order valence-electron chi connectivity index (χ3n) is 5.85. The van der Waals surface area contributed by atoms with Crippen molar-refractivity contribution >= 4 is 0 Å². The van der Waals surface area contributed by atoms with E-state index in [0.717, 1.165) is 18.0 Å². The summed E-state index contributed by atoms with van der Waals surface area (Å²) in [5.41, 5.74) is 0. The smallest absolute Gasteiger partial charge is 0.0235 e. The second-order valence-electron chi connectivity index (χ2n) is 7.31. The van der Waals surface area contributed by atoms with Crippen LogP contribution in [0.5, 0.6) is 0 Å². The Kier molecular flexibility index (Phi) is 5.36. The lowest BCUT2D eigenvalue weighted by atomic mass is 9.86. The average Bonchev–Trinajstić information content (AvgIpc) is 3.11. The van der Waals surface area contributed by atoms with Crippen LogP contribution in [0.3, 0.4) is 0 Å². The fourth-order valence-corrected chi connectivity index (χ4v) is 4.45. The molecule has 0 radical (unpaired) electrons. The Bertz CT molecular complexity index is 288. The SMILES string of the molecule is CC1CCCCC1NCCN1CCC(N2CCCC2)C1. The van der Waals surface area contributed by atoms with E-state index < -0.39 is 0 Å². The molecule has 0 bridgehead atoms. The van der Waals surface area contributed by atoms with Gasteiger partial charge in [0.2, 0.25) is 0 Å². The third-order valence-corrected chi connectivity index (χ3v) is 5.85. The average molecular weight is 279 g/mol. The standard InChI is InChI=1S/C17H33N3/c1-15-6-2-3-7-17(15)18-9-13-19-12-8-16(14-19)20-10-4-5-11-20/h15-18H,2-14H2,1H3. The molecule has 20 heavy (non-hydrogen) atoms. The zero-order valence-corrected chi connectivity index (χ0v) is 13.3. The summed E-state index contributed by atoms with van der Waals surface area (Å²) in [7, 11) is 0. The van der Waals surface area contributed by atoms with Gasteiger partial charge in [-0.05, 0) is 57.7 Å². The lowest BCUT2D eigenvalue weighted by molar-refractivity contribution is 0.225. The number of nitrogens with one attached hydrogen (secondary N) is 1. The van der Waals surface area contributed by atoms with Gasteiger partial charge in [0.1, 0.15) is 0 Å². The van der Waals surface area contributed by atoms with Crippen molar-refractivity contribution in [3.05, 3.63) is 0 Å². The van der Waals surface area contributed by atoms with Gasteiger partial charge in [0.25, 0.3) is 0 Å². The van der Waals surface area contributed by atoms with Gasteiger partial charge >= 0.3 is 0 Å². The van der Waals surface area contributed by atoms with Crippen LogP contribution in [0.4, 0.5) is 0 Å². The van der Waals surface area contributed by atoms with Crippen LogP contribution in [0.2, 0.25) is 0 Å². The zero-order chi connectivity index (χ0) is 13.8. The molecule has 3 fully saturated rings. The molecule has 0 amide bonds. The van der Waals surface area contributed by atoms with Gasteiger partial charge in [-0.1, -0.05) is 19.8 Å². The van der Waals surface area contributed by atoms with Crippen molar-refractivity contribution < 1.29 is 0 Å². The highest BCUT2D eigenvalue weighted by molar-refractivity contribution is 4.86. The summed E-state index contributed by atoms with van der Waals surface area (Å²) in [5.74, 6) is 0.889. The summed E-state index contributed by atoms with van der Waals surface area (Å²) < 4.78 is 0. The van der Waals surface area contributed by atoms with Crippen LogP contribution in [0, 0.1) is 5.92 Å². The van der Waals surface area contributed by atoms with Crippen LogP contribution in [0.15, 0.2) is 0 Å². The molecule has 1 aliphatic carbocycles.